The molecule has 1 heterocycles. The zero-order chi connectivity index (χ0) is 13.0. The fourth-order valence-electron chi connectivity index (χ4n) is 5.07. The first-order valence-electron chi connectivity index (χ1n) is 7.70. The minimum atomic E-state index is -0.202. The third-order valence-corrected chi connectivity index (χ3v) is 6.64. The van der Waals surface area contributed by atoms with Gasteiger partial charge in [0.25, 0.3) is 0 Å². The molecule has 4 unspecified atom stereocenters. The van der Waals surface area contributed by atoms with E-state index in [0.29, 0.717) is 23.6 Å². The molecule has 4 rings (SSSR count). The summed E-state index contributed by atoms with van der Waals surface area (Å²) in [5.41, 5.74) is -0.202. The van der Waals surface area contributed by atoms with E-state index in [0.717, 1.165) is 37.9 Å². The maximum Gasteiger partial charge on any atom is 0.224 e. The van der Waals surface area contributed by atoms with Crippen molar-refractivity contribution in [3.8, 4) is 0 Å². The van der Waals surface area contributed by atoms with Crippen molar-refractivity contribution >= 4 is 17.5 Å². The Labute approximate surface area is 119 Å². The maximum absolute atomic E-state index is 12.6. The highest BCUT2D eigenvalue weighted by Crippen LogP contribution is 2.69. The molecule has 0 spiro atoms. The number of carbonyl (C=O) groups excluding carboxylic acids is 1. The zero-order valence-corrected chi connectivity index (χ0v) is 12.0. The van der Waals surface area contributed by atoms with Gasteiger partial charge in [0.15, 0.2) is 0 Å². The first-order valence-corrected chi connectivity index (χ1v) is 8.23. The van der Waals surface area contributed by atoms with Crippen molar-refractivity contribution in [2.75, 3.05) is 19.1 Å². The summed E-state index contributed by atoms with van der Waals surface area (Å²) in [5, 5.41) is 3.29. The molecule has 0 aromatic carbocycles. The van der Waals surface area contributed by atoms with Gasteiger partial charge in [0.05, 0.1) is 5.54 Å². The van der Waals surface area contributed by atoms with Gasteiger partial charge < -0.3 is 10.1 Å². The van der Waals surface area contributed by atoms with Crippen molar-refractivity contribution in [2.24, 2.45) is 29.6 Å². The Hall–Kier alpha value is -0.280. The van der Waals surface area contributed by atoms with E-state index >= 15 is 0 Å². The number of hydrogen-bond acceptors (Lipinski definition) is 2. The molecule has 1 amide bonds. The molecular weight excluding hydrogens is 262 g/mol. The number of rotatable bonds is 3. The Morgan fingerprint density at radius 3 is 2.42 bits per heavy atom. The molecule has 4 fully saturated rings. The van der Waals surface area contributed by atoms with Crippen LogP contribution in [0.5, 0.6) is 0 Å². The van der Waals surface area contributed by atoms with Crippen LogP contribution in [0.15, 0.2) is 0 Å². The van der Waals surface area contributed by atoms with Crippen LogP contribution in [-0.2, 0) is 9.53 Å². The van der Waals surface area contributed by atoms with E-state index in [9.17, 15) is 4.79 Å². The van der Waals surface area contributed by atoms with Crippen LogP contribution < -0.4 is 5.32 Å². The summed E-state index contributed by atoms with van der Waals surface area (Å²) >= 11 is 6.13. The summed E-state index contributed by atoms with van der Waals surface area (Å²) in [6.45, 7) is 1.44. The van der Waals surface area contributed by atoms with Gasteiger partial charge in [-0.1, -0.05) is 0 Å². The second kappa shape index (κ2) is 4.36. The lowest BCUT2D eigenvalue weighted by Crippen LogP contribution is -2.54. The van der Waals surface area contributed by atoms with Crippen molar-refractivity contribution in [3.63, 3.8) is 0 Å². The van der Waals surface area contributed by atoms with Crippen LogP contribution in [0.3, 0.4) is 0 Å². The highest BCUT2D eigenvalue weighted by Gasteiger charge is 2.67. The molecule has 0 aromatic rings. The van der Waals surface area contributed by atoms with Crippen molar-refractivity contribution in [1.82, 2.24) is 5.32 Å². The Balaban J connectivity index is 1.42. The molecule has 1 saturated heterocycles. The minimum Gasteiger partial charge on any atom is -0.381 e. The molecule has 3 nitrogen and oxygen atoms in total. The van der Waals surface area contributed by atoms with Crippen molar-refractivity contribution in [3.05, 3.63) is 0 Å². The summed E-state index contributed by atoms with van der Waals surface area (Å²) in [6, 6.07) is 0. The van der Waals surface area contributed by atoms with Crippen LogP contribution >= 0.6 is 11.6 Å². The van der Waals surface area contributed by atoms with Gasteiger partial charge in [-0.15, -0.1) is 11.6 Å². The third-order valence-electron chi connectivity index (χ3n) is 6.13. The number of hydrogen-bond donors (Lipinski definition) is 1. The van der Waals surface area contributed by atoms with E-state index in [1.165, 1.54) is 19.3 Å². The Morgan fingerprint density at radius 2 is 1.84 bits per heavy atom. The lowest BCUT2D eigenvalue weighted by molar-refractivity contribution is -0.126. The average Bonchev–Trinajstić information content (AvgIpc) is 2.89. The van der Waals surface area contributed by atoms with Crippen LogP contribution in [0.25, 0.3) is 0 Å². The zero-order valence-electron chi connectivity index (χ0n) is 11.2. The van der Waals surface area contributed by atoms with Gasteiger partial charge in [0.2, 0.25) is 5.91 Å². The summed E-state index contributed by atoms with van der Waals surface area (Å²) in [4.78, 5) is 12.6. The fraction of sp³-hybridized carbons (Fsp3) is 0.933. The molecular formula is C15H22ClNO2. The number of fused-ring (bicyclic) bond motifs is 5. The van der Waals surface area contributed by atoms with Gasteiger partial charge in [0, 0.05) is 25.0 Å². The quantitative estimate of drug-likeness (QED) is 0.807. The number of ether oxygens (including phenoxy) is 1. The van der Waals surface area contributed by atoms with Gasteiger partial charge in [-0.25, -0.2) is 0 Å². The molecule has 4 aliphatic rings. The van der Waals surface area contributed by atoms with Crippen molar-refractivity contribution < 1.29 is 9.53 Å². The molecule has 1 N–H and O–H groups in total. The maximum atomic E-state index is 12.6. The molecule has 4 atom stereocenters. The van der Waals surface area contributed by atoms with E-state index in [4.69, 9.17) is 16.3 Å². The fourth-order valence-corrected chi connectivity index (χ4v) is 5.41. The number of carbonyl (C=O) groups is 1. The predicted octanol–water partition coefficient (Wildman–Crippen LogP) is 2.18. The Kier molecular flexibility index (Phi) is 2.86. The molecule has 0 aromatic heterocycles. The number of amides is 1. The van der Waals surface area contributed by atoms with Gasteiger partial charge in [-0.2, -0.15) is 0 Å². The minimum absolute atomic E-state index is 0.202. The van der Waals surface area contributed by atoms with Crippen LogP contribution in [0.4, 0.5) is 0 Å². The van der Waals surface area contributed by atoms with E-state index < -0.39 is 0 Å². The monoisotopic (exact) mass is 283 g/mol. The topological polar surface area (TPSA) is 38.3 Å². The van der Waals surface area contributed by atoms with Gasteiger partial charge in [-0.05, 0) is 55.8 Å². The molecule has 0 radical (unpaired) electrons. The number of alkyl halides is 1. The summed E-state index contributed by atoms with van der Waals surface area (Å²) < 4.78 is 5.39. The summed E-state index contributed by atoms with van der Waals surface area (Å²) in [6.07, 6.45) is 5.84. The normalized spacial score (nSPS) is 45.8. The first kappa shape index (κ1) is 12.5. The summed E-state index contributed by atoms with van der Waals surface area (Å²) in [5.74, 6) is 4.25. The average molecular weight is 284 g/mol. The highest BCUT2D eigenvalue weighted by molar-refractivity contribution is 6.18. The third kappa shape index (κ3) is 1.84. The Morgan fingerprint density at radius 1 is 1.21 bits per heavy atom. The lowest BCUT2D eigenvalue weighted by atomic mass is 9.91. The van der Waals surface area contributed by atoms with Crippen LogP contribution in [0, 0.1) is 29.6 Å². The van der Waals surface area contributed by atoms with E-state index in [2.05, 4.69) is 5.32 Å². The SMILES string of the molecule is O=C(NC1(CCl)CCOCC1)C1C2C3CCC(C3)C12. The molecule has 2 bridgehead atoms. The van der Waals surface area contributed by atoms with E-state index in [1.807, 2.05) is 0 Å². The van der Waals surface area contributed by atoms with Crippen LogP contribution in [0.1, 0.15) is 32.1 Å². The standard InChI is InChI=1S/C15H22ClNO2/c16-8-15(3-5-19-6-4-15)17-14(18)13-11-9-1-2-10(7-9)12(11)13/h9-13H,1-8H2,(H,17,18). The second-order valence-electron chi connectivity index (χ2n) is 7.03. The molecule has 3 aliphatic carbocycles. The van der Waals surface area contributed by atoms with Gasteiger partial charge >= 0.3 is 0 Å². The smallest absolute Gasteiger partial charge is 0.224 e. The molecule has 4 heteroatoms. The molecule has 3 saturated carbocycles. The van der Waals surface area contributed by atoms with Crippen LogP contribution in [-0.4, -0.2) is 30.5 Å². The van der Waals surface area contributed by atoms with Crippen molar-refractivity contribution in [1.29, 1.82) is 0 Å². The van der Waals surface area contributed by atoms with Crippen LogP contribution in [0.2, 0.25) is 0 Å². The van der Waals surface area contributed by atoms with Gasteiger partial charge in [-0.3, -0.25) is 4.79 Å². The lowest BCUT2D eigenvalue weighted by Gasteiger charge is -2.36. The summed E-state index contributed by atoms with van der Waals surface area (Å²) in [7, 11) is 0. The predicted molar refractivity (Wildman–Crippen MR) is 72.9 cm³/mol. The number of nitrogens with one attached hydrogen (secondary N) is 1. The highest BCUT2D eigenvalue weighted by atomic mass is 35.5. The molecule has 19 heavy (non-hydrogen) atoms. The second-order valence-corrected chi connectivity index (χ2v) is 7.30. The molecule has 106 valence electrons. The van der Waals surface area contributed by atoms with E-state index in [1.54, 1.807) is 0 Å². The van der Waals surface area contributed by atoms with Crippen molar-refractivity contribution in [2.45, 2.75) is 37.6 Å². The van der Waals surface area contributed by atoms with E-state index in [-0.39, 0.29) is 11.4 Å². The Bertz CT molecular complexity index is 378. The largest absolute Gasteiger partial charge is 0.381 e. The van der Waals surface area contributed by atoms with Gasteiger partial charge in [0.1, 0.15) is 0 Å². The molecule has 1 aliphatic heterocycles. The number of halogens is 1. The first-order chi connectivity index (χ1) is 9.24.